The first kappa shape index (κ1) is 43.9. The largest absolute Gasteiger partial charge is 0.496 e. The molecule has 4 aliphatic rings. The van der Waals surface area contributed by atoms with E-state index in [0.717, 1.165) is 52.9 Å². The molecule has 5 atom stereocenters. The molecule has 2 aliphatic heterocycles. The molecule has 0 spiro atoms. The number of hydrogen-bond acceptors (Lipinski definition) is 11. The quantitative estimate of drug-likeness (QED) is 0.146. The fraction of sp³-hybridized carbons (Fsp3) is 0.511. The first-order valence-electron chi connectivity index (χ1n) is 21.6. The summed E-state index contributed by atoms with van der Waals surface area (Å²) in [6.45, 7) is 6.21. The Kier molecular flexibility index (Phi) is 12.4. The molecule has 2 aliphatic carbocycles. The minimum absolute atomic E-state index is 0.103. The fourth-order valence-electron chi connectivity index (χ4n) is 9.19. The Labute approximate surface area is 366 Å². The molecule has 0 bridgehead atoms. The SMILES string of the molecule is COc1ccc2c(O[C@@H]3C[C@H]4C(=O)C[C@]5(C(=O)NS(=O)(=O)C6(OC)CC6)C[C@@H]5/C=C\CCCCC[C@H](Cc5ccc(F)cc5)C(=O)N4C3)cc(-c3nc(C(C)C)cs3)nc2c1C. The maximum Gasteiger partial charge on any atom is 0.264 e. The Hall–Kier alpha value is -4.73. The molecule has 0 unspecified atom stereocenters. The van der Waals surface area contributed by atoms with Crippen LogP contribution in [0.25, 0.3) is 21.6 Å². The molecule has 2 aromatic heterocycles. The molecule has 330 valence electrons. The van der Waals surface area contributed by atoms with Gasteiger partial charge in [-0.1, -0.05) is 51.0 Å². The van der Waals surface area contributed by atoms with Gasteiger partial charge in [-0.2, -0.15) is 0 Å². The summed E-state index contributed by atoms with van der Waals surface area (Å²) in [5.74, 6) is -1.07. The van der Waals surface area contributed by atoms with Gasteiger partial charge in [0.15, 0.2) is 10.7 Å². The van der Waals surface area contributed by atoms with Crippen molar-refractivity contribution in [1.82, 2.24) is 19.6 Å². The van der Waals surface area contributed by atoms with E-state index in [1.165, 1.54) is 30.6 Å². The average molecular weight is 887 g/mol. The summed E-state index contributed by atoms with van der Waals surface area (Å²) in [5, 5.41) is 3.49. The molecule has 62 heavy (non-hydrogen) atoms. The smallest absolute Gasteiger partial charge is 0.264 e. The number of nitrogens with zero attached hydrogens (tertiary/aromatic N) is 3. The third kappa shape index (κ3) is 8.64. The Balaban J connectivity index is 1.15. The van der Waals surface area contributed by atoms with Gasteiger partial charge in [-0.25, -0.2) is 22.8 Å². The number of nitrogens with one attached hydrogen (secondary N) is 1. The van der Waals surface area contributed by atoms with E-state index in [9.17, 15) is 27.2 Å². The first-order chi connectivity index (χ1) is 29.7. The molecule has 4 heterocycles. The van der Waals surface area contributed by atoms with Crippen LogP contribution in [0.2, 0.25) is 0 Å². The van der Waals surface area contributed by atoms with Gasteiger partial charge in [0.2, 0.25) is 11.8 Å². The van der Waals surface area contributed by atoms with Gasteiger partial charge in [0.1, 0.15) is 34.1 Å². The summed E-state index contributed by atoms with van der Waals surface area (Å²) in [4.78, 5) is 54.1. The highest BCUT2D eigenvalue weighted by Crippen LogP contribution is 2.58. The van der Waals surface area contributed by atoms with E-state index in [-0.39, 0.29) is 61.6 Å². The number of Topliss-reactive ketones (excluding diaryl/α,β-unsaturated/α-hetero) is 1. The van der Waals surface area contributed by atoms with E-state index >= 15 is 0 Å². The van der Waals surface area contributed by atoms with Crippen molar-refractivity contribution >= 4 is 49.9 Å². The number of aromatic nitrogens is 2. The van der Waals surface area contributed by atoms with Crippen molar-refractivity contribution < 1.29 is 41.4 Å². The van der Waals surface area contributed by atoms with Gasteiger partial charge in [-0.15, -0.1) is 11.3 Å². The van der Waals surface area contributed by atoms with Gasteiger partial charge in [0.05, 0.1) is 36.3 Å². The van der Waals surface area contributed by atoms with Gasteiger partial charge >= 0.3 is 0 Å². The van der Waals surface area contributed by atoms with Crippen molar-refractivity contribution in [2.45, 2.75) is 114 Å². The summed E-state index contributed by atoms with van der Waals surface area (Å²) in [7, 11) is -1.26. The Bertz CT molecular complexity index is 2500. The highest BCUT2D eigenvalue weighted by Gasteiger charge is 2.63. The Morgan fingerprint density at radius 3 is 2.52 bits per heavy atom. The molecule has 2 aromatic carbocycles. The van der Waals surface area contributed by atoms with Crippen molar-refractivity contribution in [3.63, 3.8) is 0 Å². The number of ether oxygens (including phenoxy) is 3. The Morgan fingerprint density at radius 1 is 1.05 bits per heavy atom. The molecule has 12 nitrogen and oxygen atoms in total. The molecular weight excluding hydrogens is 832 g/mol. The van der Waals surface area contributed by atoms with Crippen LogP contribution in [0.5, 0.6) is 11.5 Å². The molecule has 2 amide bonds. The number of pyridine rings is 1. The first-order valence-corrected chi connectivity index (χ1v) is 24.0. The number of sulfonamides is 1. The van der Waals surface area contributed by atoms with Crippen LogP contribution in [0, 0.1) is 30.0 Å². The number of thiazole rings is 1. The molecule has 4 aromatic rings. The van der Waals surface area contributed by atoms with Gasteiger partial charge in [-0.05, 0) is 93.5 Å². The molecule has 8 rings (SSSR count). The highest BCUT2D eigenvalue weighted by atomic mass is 32.2. The lowest BCUT2D eigenvalue weighted by Crippen LogP contribution is -2.47. The lowest BCUT2D eigenvalue weighted by molar-refractivity contribution is -0.142. The zero-order valence-corrected chi connectivity index (χ0v) is 37.6. The summed E-state index contributed by atoms with van der Waals surface area (Å²) in [5.41, 5.74) is 2.58. The van der Waals surface area contributed by atoms with Crippen LogP contribution in [0.1, 0.15) is 101 Å². The van der Waals surface area contributed by atoms with E-state index in [1.54, 1.807) is 24.1 Å². The van der Waals surface area contributed by atoms with Gasteiger partial charge in [0, 0.05) is 48.3 Å². The van der Waals surface area contributed by atoms with Crippen LogP contribution in [0.15, 0.2) is 60.0 Å². The van der Waals surface area contributed by atoms with Crippen LogP contribution >= 0.6 is 11.3 Å². The maximum atomic E-state index is 15.0. The lowest BCUT2D eigenvalue weighted by atomic mass is 9.90. The number of carbonyl (C=O) groups is 3. The third-order valence-corrected chi connectivity index (χ3v) is 16.2. The maximum absolute atomic E-state index is 15.0. The number of hydrogen-bond donors (Lipinski definition) is 1. The fourth-order valence-corrected chi connectivity index (χ4v) is 11.6. The molecule has 15 heteroatoms. The van der Waals surface area contributed by atoms with E-state index in [1.807, 2.05) is 42.7 Å². The second-order valence-electron chi connectivity index (χ2n) is 17.8. The summed E-state index contributed by atoms with van der Waals surface area (Å²) in [6, 6.07) is 10.8. The second kappa shape index (κ2) is 17.4. The van der Waals surface area contributed by atoms with E-state index < -0.39 is 44.3 Å². The topological polar surface area (TPSA) is 154 Å². The number of fused-ring (bicyclic) bond motifs is 3. The predicted octanol–water partition coefficient (Wildman–Crippen LogP) is 8.21. The number of allylic oxidation sites excluding steroid dienone is 2. The number of benzene rings is 2. The minimum Gasteiger partial charge on any atom is -0.496 e. The van der Waals surface area contributed by atoms with Crippen molar-refractivity contribution in [2.75, 3.05) is 20.8 Å². The normalized spacial score (nSPS) is 25.7. The van der Waals surface area contributed by atoms with E-state index in [4.69, 9.17) is 24.2 Å². The summed E-state index contributed by atoms with van der Waals surface area (Å²) < 4.78 is 61.0. The average Bonchev–Trinajstić information content (AvgIpc) is 4.07. The monoisotopic (exact) mass is 886 g/mol. The lowest BCUT2D eigenvalue weighted by Gasteiger charge is -2.29. The van der Waals surface area contributed by atoms with Crippen molar-refractivity contribution in [3.8, 4) is 22.2 Å². The molecule has 2 saturated carbocycles. The molecule has 1 N–H and O–H groups in total. The Morgan fingerprint density at radius 2 is 1.82 bits per heavy atom. The number of amides is 2. The molecule has 3 fully saturated rings. The van der Waals surface area contributed by atoms with Crippen LogP contribution in [-0.4, -0.2) is 78.7 Å². The zero-order valence-electron chi connectivity index (χ0n) is 35.9. The number of methoxy groups -OCH3 is 2. The van der Waals surface area contributed by atoms with Gasteiger partial charge < -0.3 is 19.1 Å². The zero-order chi connectivity index (χ0) is 44.0. The van der Waals surface area contributed by atoms with Crippen molar-refractivity contribution in [2.24, 2.45) is 17.3 Å². The van der Waals surface area contributed by atoms with Gasteiger partial charge in [-0.3, -0.25) is 19.1 Å². The number of carbonyl (C=O) groups excluding carboxylic acids is 3. The predicted molar refractivity (Wildman–Crippen MR) is 235 cm³/mol. The summed E-state index contributed by atoms with van der Waals surface area (Å²) in [6.07, 6.45) is 8.25. The number of halogens is 1. The standard InChI is InChI=1S/C47H55FN4O8S2/c1-28(2)37-27-61-43(50-37)36-23-41(35-17-18-40(58-4)29(3)42(35)49-36)60-34-22-38-39(53)25-46(45(55)51-62(56,57)47(59-5)19-20-47)24-32(46)12-10-8-6-7-9-11-31(44(54)52(38)26-34)21-30-13-15-33(48)16-14-30/h10,12-18,23,27-28,31-32,34,38H,6-9,11,19-22,24-26H2,1-5H3,(H,51,55)/b12-10-/t31-,32+,34-,38+,46-/m1/s1. The summed E-state index contributed by atoms with van der Waals surface area (Å²) >= 11 is 1.50. The van der Waals surface area contributed by atoms with Crippen LogP contribution in [0.4, 0.5) is 4.39 Å². The van der Waals surface area contributed by atoms with E-state index in [0.29, 0.717) is 42.0 Å². The molecule has 0 radical (unpaired) electrons. The van der Waals surface area contributed by atoms with Crippen molar-refractivity contribution in [3.05, 3.63) is 82.6 Å². The van der Waals surface area contributed by atoms with Crippen molar-refractivity contribution in [1.29, 1.82) is 0 Å². The highest BCUT2D eigenvalue weighted by molar-refractivity contribution is 7.91. The number of rotatable bonds is 11. The number of ketones is 1. The minimum atomic E-state index is -4.19. The third-order valence-electron chi connectivity index (χ3n) is 13.3. The van der Waals surface area contributed by atoms with Gasteiger partial charge in [0.25, 0.3) is 10.0 Å². The van der Waals surface area contributed by atoms with Crippen LogP contribution < -0.4 is 14.2 Å². The van der Waals surface area contributed by atoms with Crippen LogP contribution in [-0.2, 0) is 35.6 Å². The number of aryl methyl sites for hydroxylation is 1. The van der Waals surface area contributed by atoms with Crippen LogP contribution in [0.3, 0.4) is 0 Å². The second-order valence-corrected chi connectivity index (χ2v) is 20.6. The van der Waals surface area contributed by atoms with E-state index in [2.05, 4.69) is 18.6 Å². The molecular formula is C47H55FN4O8S2. The molecule has 1 saturated heterocycles.